The van der Waals surface area contributed by atoms with Gasteiger partial charge in [-0.15, -0.1) is 11.3 Å². The number of thiazole rings is 1. The van der Waals surface area contributed by atoms with Crippen LogP contribution in [0, 0.1) is 25.2 Å². The van der Waals surface area contributed by atoms with E-state index in [4.69, 9.17) is 14.5 Å². The minimum Gasteiger partial charge on any atom is -0.497 e. The highest BCUT2D eigenvalue weighted by molar-refractivity contribution is 7.15. The molecule has 49 heavy (non-hydrogen) atoms. The Bertz CT molecular complexity index is 2390. The number of carbonyl (C=O) groups is 1. The summed E-state index contributed by atoms with van der Waals surface area (Å²) in [6, 6.07) is 18.3. The smallest absolute Gasteiger partial charge is 0.271 e. The van der Waals surface area contributed by atoms with E-state index in [1.54, 1.807) is 49.2 Å². The van der Waals surface area contributed by atoms with E-state index in [1.807, 2.05) is 56.3 Å². The molecule has 0 fully saturated rings. The molecule has 3 aromatic heterocycles. The second-order valence-corrected chi connectivity index (χ2v) is 14.3. The zero-order valence-corrected chi connectivity index (χ0v) is 29.6. The zero-order valence-electron chi connectivity index (χ0n) is 27.9. The van der Waals surface area contributed by atoms with Crippen LogP contribution in [0.5, 0.6) is 11.5 Å². The Morgan fingerprint density at radius 1 is 1.04 bits per heavy atom. The predicted octanol–water partition coefficient (Wildman–Crippen LogP) is 6.11. The van der Waals surface area contributed by atoms with Gasteiger partial charge >= 0.3 is 0 Å². The highest BCUT2D eigenvalue weighted by Gasteiger charge is 2.34. The Labute approximate surface area is 291 Å². The lowest BCUT2D eigenvalue weighted by Crippen LogP contribution is -2.40. The highest BCUT2D eigenvalue weighted by atomic mass is 32.1. The minimum absolute atomic E-state index is 0.266. The number of hydrogen-bond donors (Lipinski definition) is 1. The molecule has 9 nitrogen and oxygen atoms in total. The van der Waals surface area contributed by atoms with Crippen molar-refractivity contribution < 1.29 is 14.3 Å². The number of nitriles is 1. The van der Waals surface area contributed by atoms with E-state index in [2.05, 4.69) is 22.0 Å². The summed E-state index contributed by atoms with van der Waals surface area (Å²) in [4.78, 5) is 35.1. The van der Waals surface area contributed by atoms with Gasteiger partial charge in [-0.1, -0.05) is 29.5 Å². The third kappa shape index (κ3) is 5.61. The second-order valence-electron chi connectivity index (χ2n) is 12.2. The van der Waals surface area contributed by atoms with Crippen LogP contribution in [0.3, 0.4) is 0 Å². The maximum Gasteiger partial charge on any atom is 0.271 e. The van der Waals surface area contributed by atoms with E-state index in [0.717, 1.165) is 53.2 Å². The maximum absolute atomic E-state index is 14.5. The average molecular weight is 690 g/mol. The third-order valence-corrected chi connectivity index (χ3v) is 11.5. The molecule has 1 N–H and O–H groups in total. The number of carbonyl (C=O) groups excluding carboxylic acids is 1. The number of allylic oxidation sites excluding steroid dienone is 1. The van der Waals surface area contributed by atoms with Crippen LogP contribution in [0.4, 0.5) is 5.69 Å². The third-order valence-electron chi connectivity index (χ3n) is 9.26. The van der Waals surface area contributed by atoms with E-state index in [9.17, 15) is 14.9 Å². The summed E-state index contributed by atoms with van der Waals surface area (Å²) in [5.41, 5.74) is 6.62. The normalized spacial score (nSPS) is 15.7. The number of anilines is 1. The maximum atomic E-state index is 14.5. The topological polar surface area (TPSA) is 111 Å². The van der Waals surface area contributed by atoms with E-state index in [1.165, 1.54) is 21.8 Å². The van der Waals surface area contributed by atoms with Gasteiger partial charge in [-0.05, 0) is 94.0 Å². The summed E-state index contributed by atoms with van der Waals surface area (Å²) in [5, 5.41) is 14.1. The van der Waals surface area contributed by atoms with Gasteiger partial charge in [0.05, 0.1) is 35.6 Å². The first-order valence-corrected chi connectivity index (χ1v) is 17.7. The number of rotatable bonds is 7. The first-order valence-electron chi connectivity index (χ1n) is 16.1. The number of hydrogen-bond acceptors (Lipinski definition) is 8. The average Bonchev–Trinajstić information content (AvgIpc) is 3.72. The van der Waals surface area contributed by atoms with Crippen molar-refractivity contribution in [1.82, 2.24) is 9.13 Å². The number of aryl methyl sites for hydroxylation is 2. The van der Waals surface area contributed by atoms with Crippen molar-refractivity contribution in [3.8, 4) is 22.6 Å². The van der Waals surface area contributed by atoms with Crippen molar-refractivity contribution in [1.29, 1.82) is 5.26 Å². The fourth-order valence-electron chi connectivity index (χ4n) is 6.88. The molecule has 2 aromatic carbocycles. The minimum atomic E-state index is -0.814. The Hall–Kier alpha value is -5.18. The Balaban J connectivity index is 1.38. The summed E-state index contributed by atoms with van der Waals surface area (Å²) in [6.45, 7) is 5.85. The van der Waals surface area contributed by atoms with Crippen LogP contribution in [-0.4, -0.2) is 29.3 Å². The quantitative estimate of drug-likeness (QED) is 0.222. The summed E-state index contributed by atoms with van der Waals surface area (Å²) in [5.74, 6) is 0.708. The van der Waals surface area contributed by atoms with Crippen molar-refractivity contribution in [2.45, 2.75) is 52.5 Å². The molecular formula is C38H35N5O4S2. The molecular weight excluding hydrogens is 655 g/mol. The SMILES string of the molecule is COc1ccc(C2C(C(=O)Nc3ccccc3)=C(C)N=c3sc(=Cc4cc(C)n(-c5sc6c(c5C#N)CCCC6)c4C)c(=O)n32)c(OC)c1. The van der Waals surface area contributed by atoms with Gasteiger partial charge in [0.25, 0.3) is 11.5 Å². The monoisotopic (exact) mass is 689 g/mol. The lowest BCUT2D eigenvalue weighted by atomic mass is 9.94. The van der Waals surface area contributed by atoms with Crippen LogP contribution >= 0.6 is 22.7 Å². The molecule has 1 unspecified atom stereocenters. The van der Waals surface area contributed by atoms with Crippen molar-refractivity contribution >= 4 is 40.3 Å². The molecule has 2 aliphatic rings. The number of nitrogens with zero attached hydrogens (tertiary/aromatic N) is 4. The number of thiophene rings is 1. The molecule has 1 aliphatic heterocycles. The van der Waals surface area contributed by atoms with Crippen molar-refractivity contribution in [2.75, 3.05) is 19.5 Å². The molecule has 248 valence electrons. The van der Waals surface area contributed by atoms with Gasteiger partial charge in [-0.3, -0.25) is 14.2 Å². The standard InChI is InChI=1S/C38H35N5O4S2/c1-21-17-24(23(3)42(21)37-29(20-39)27-13-9-10-14-31(27)48-37)18-32-36(45)43-34(28-16-15-26(46-4)19-30(28)47-5)33(22(2)40-38(43)49-32)35(44)41-25-11-7-6-8-12-25/h6-8,11-12,15-19,34H,9-10,13-14H2,1-5H3,(H,41,44). The molecule has 0 bridgehead atoms. The first-order chi connectivity index (χ1) is 23.7. The van der Waals surface area contributed by atoms with Crippen LogP contribution in [-0.2, 0) is 17.6 Å². The van der Waals surface area contributed by atoms with Gasteiger partial charge in [0.1, 0.15) is 28.6 Å². The van der Waals surface area contributed by atoms with Gasteiger partial charge in [0.15, 0.2) is 4.80 Å². The van der Waals surface area contributed by atoms with Crippen LogP contribution in [0.2, 0.25) is 0 Å². The number of methoxy groups -OCH3 is 2. The number of nitrogens with one attached hydrogen (secondary N) is 1. The van der Waals surface area contributed by atoms with Crippen LogP contribution in [0.1, 0.15) is 64.3 Å². The zero-order chi connectivity index (χ0) is 34.4. The molecule has 1 atom stereocenters. The molecule has 1 amide bonds. The van der Waals surface area contributed by atoms with E-state index in [-0.39, 0.29) is 11.5 Å². The van der Waals surface area contributed by atoms with Gasteiger partial charge in [-0.2, -0.15) is 5.26 Å². The van der Waals surface area contributed by atoms with Gasteiger partial charge in [0, 0.05) is 33.6 Å². The van der Waals surface area contributed by atoms with Gasteiger partial charge < -0.3 is 19.4 Å². The molecule has 7 rings (SSSR count). The largest absolute Gasteiger partial charge is 0.497 e. The van der Waals surface area contributed by atoms with Crippen molar-refractivity contribution in [2.24, 2.45) is 4.99 Å². The fourth-order valence-corrected chi connectivity index (χ4v) is 9.37. The highest BCUT2D eigenvalue weighted by Crippen LogP contribution is 2.39. The Morgan fingerprint density at radius 3 is 2.55 bits per heavy atom. The molecule has 4 heterocycles. The Kier molecular flexibility index (Phi) is 8.61. The van der Waals surface area contributed by atoms with Gasteiger partial charge in [0.2, 0.25) is 0 Å². The van der Waals surface area contributed by atoms with Gasteiger partial charge in [-0.25, -0.2) is 4.99 Å². The number of amides is 1. The molecule has 0 spiro atoms. The Morgan fingerprint density at radius 2 is 1.82 bits per heavy atom. The second kappa shape index (κ2) is 13.0. The summed E-state index contributed by atoms with van der Waals surface area (Å²) < 4.78 is 15.5. The first kappa shape index (κ1) is 32.4. The molecule has 0 saturated carbocycles. The van der Waals surface area contributed by atoms with Crippen LogP contribution < -0.4 is 29.7 Å². The fraction of sp³-hybridized carbons (Fsp3) is 0.263. The van der Waals surface area contributed by atoms with E-state index < -0.39 is 6.04 Å². The number of para-hydroxylation sites is 1. The number of benzene rings is 2. The van der Waals surface area contributed by atoms with Crippen molar-refractivity contribution in [3.05, 3.63) is 124 Å². The molecule has 0 radical (unpaired) electrons. The van der Waals surface area contributed by atoms with Crippen LogP contribution in [0.15, 0.2) is 75.7 Å². The summed E-state index contributed by atoms with van der Waals surface area (Å²) >= 11 is 2.99. The predicted molar refractivity (Wildman–Crippen MR) is 193 cm³/mol. The van der Waals surface area contributed by atoms with Crippen LogP contribution in [0.25, 0.3) is 11.1 Å². The number of ether oxygens (including phenoxy) is 2. The molecule has 0 saturated heterocycles. The molecule has 1 aliphatic carbocycles. The summed E-state index contributed by atoms with van der Waals surface area (Å²) in [7, 11) is 3.13. The lowest BCUT2D eigenvalue weighted by molar-refractivity contribution is -0.113. The van der Waals surface area contributed by atoms with E-state index >= 15 is 0 Å². The molecule has 5 aromatic rings. The number of fused-ring (bicyclic) bond motifs is 2. The van der Waals surface area contributed by atoms with E-state index in [0.29, 0.717) is 43.4 Å². The molecule has 11 heteroatoms. The van der Waals surface area contributed by atoms with Crippen molar-refractivity contribution in [3.63, 3.8) is 0 Å². The number of aromatic nitrogens is 2. The summed E-state index contributed by atoms with van der Waals surface area (Å²) in [6.07, 6.45) is 6.09. The lowest BCUT2D eigenvalue weighted by Gasteiger charge is -2.26.